The molecule has 0 bridgehead atoms. The molecule has 2 aromatic carbocycles. The number of amides is 3. The Morgan fingerprint density at radius 1 is 1.03 bits per heavy atom. The Bertz CT molecular complexity index is 1120. The Balaban J connectivity index is 1.78. The molecule has 3 amide bonds. The number of benzene rings is 2. The minimum absolute atomic E-state index is 0.00236. The largest absolute Gasteiger partial charge is 0.332 e. The van der Waals surface area contributed by atoms with Crippen LogP contribution in [0.1, 0.15) is 41.1 Å². The Morgan fingerprint density at radius 3 is 2.38 bits per heavy atom. The van der Waals surface area contributed by atoms with Crippen molar-refractivity contribution < 1.29 is 9.59 Å². The first-order chi connectivity index (χ1) is 16.3. The lowest BCUT2D eigenvalue weighted by atomic mass is 10.2. The quantitative estimate of drug-likeness (QED) is 0.350. The monoisotopic (exact) mass is 497 g/mol. The molecule has 1 atom stereocenters. The van der Waals surface area contributed by atoms with E-state index >= 15 is 0 Å². The van der Waals surface area contributed by atoms with Crippen molar-refractivity contribution >= 4 is 40.6 Å². The molecular formula is C27H32ClN3O2S. The summed E-state index contributed by atoms with van der Waals surface area (Å²) in [5.41, 5.74) is 2.60. The van der Waals surface area contributed by atoms with Crippen LogP contribution in [-0.2, 0) is 17.9 Å². The summed E-state index contributed by atoms with van der Waals surface area (Å²) in [5.74, 6) is -0.0905. The number of urea groups is 1. The van der Waals surface area contributed by atoms with E-state index in [0.717, 1.165) is 22.4 Å². The molecule has 180 valence electrons. The van der Waals surface area contributed by atoms with Crippen LogP contribution >= 0.6 is 22.9 Å². The number of carbonyl (C=O) groups excluding carboxylic acids is 2. The molecule has 1 heterocycles. The molecule has 5 nitrogen and oxygen atoms in total. The fourth-order valence-electron chi connectivity index (χ4n) is 3.55. The summed E-state index contributed by atoms with van der Waals surface area (Å²) in [5, 5.41) is 3.49. The minimum atomic E-state index is -0.311. The number of halogens is 1. The molecule has 0 radical (unpaired) electrons. The number of hydrogen-bond donors (Lipinski definition) is 1. The average molecular weight is 498 g/mol. The molecule has 34 heavy (non-hydrogen) atoms. The molecule has 0 fully saturated rings. The van der Waals surface area contributed by atoms with Crippen LogP contribution in [0, 0.1) is 13.8 Å². The number of nitrogens with one attached hydrogen (secondary N) is 1. The number of anilines is 1. The average Bonchev–Trinajstić information content (AvgIpc) is 3.24. The van der Waals surface area contributed by atoms with E-state index in [4.69, 9.17) is 11.6 Å². The van der Waals surface area contributed by atoms with Gasteiger partial charge in [-0.1, -0.05) is 54.9 Å². The summed E-state index contributed by atoms with van der Waals surface area (Å²) in [7, 11) is 0. The van der Waals surface area contributed by atoms with Gasteiger partial charge in [0.05, 0.1) is 6.54 Å². The summed E-state index contributed by atoms with van der Waals surface area (Å²) < 4.78 is 0. The normalized spacial score (nSPS) is 11.7. The van der Waals surface area contributed by atoms with Gasteiger partial charge in [0.1, 0.15) is 6.54 Å². The van der Waals surface area contributed by atoms with E-state index in [-0.39, 0.29) is 24.5 Å². The van der Waals surface area contributed by atoms with E-state index in [9.17, 15) is 9.59 Å². The van der Waals surface area contributed by atoms with Crippen molar-refractivity contribution in [1.82, 2.24) is 9.80 Å². The van der Waals surface area contributed by atoms with E-state index in [1.165, 1.54) is 4.88 Å². The highest BCUT2D eigenvalue weighted by atomic mass is 35.5. The number of hydrogen-bond acceptors (Lipinski definition) is 3. The standard InChI is InChI=1S/C27H32ClN3O2S/c1-5-20(3)31(27(33)29-23-13-11-19(2)25(28)15-23)18-26(32)30(16-22-9-7-6-8-10-22)17-24-14-12-21(4)34-24/h6-15,20H,5,16-18H2,1-4H3,(H,29,33). The Kier molecular flexibility index (Phi) is 9.13. The van der Waals surface area contributed by atoms with Gasteiger partial charge < -0.3 is 15.1 Å². The summed E-state index contributed by atoms with van der Waals surface area (Å²) in [6, 6.07) is 19.1. The number of thiophene rings is 1. The van der Waals surface area contributed by atoms with E-state index in [2.05, 4.69) is 24.4 Å². The maximum atomic E-state index is 13.5. The van der Waals surface area contributed by atoms with Crippen LogP contribution in [0.2, 0.25) is 5.02 Å². The molecule has 1 N–H and O–H groups in total. The van der Waals surface area contributed by atoms with Crippen molar-refractivity contribution in [3.63, 3.8) is 0 Å². The Hall–Kier alpha value is -2.83. The van der Waals surface area contributed by atoms with E-state index in [0.29, 0.717) is 23.8 Å². The predicted octanol–water partition coefficient (Wildman–Crippen LogP) is 6.88. The van der Waals surface area contributed by atoms with Gasteiger partial charge in [0.15, 0.2) is 0 Å². The van der Waals surface area contributed by atoms with Gasteiger partial charge in [-0.15, -0.1) is 11.3 Å². The van der Waals surface area contributed by atoms with Crippen molar-refractivity contribution in [3.05, 3.63) is 86.6 Å². The van der Waals surface area contributed by atoms with Gasteiger partial charge in [-0.2, -0.15) is 0 Å². The van der Waals surface area contributed by atoms with Gasteiger partial charge >= 0.3 is 6.03 Å². The molecule has 0 aliphatic rings. The highest BCUT2D eigenvalue weighted by molar-refractivity contribution is 7.11. The molecule has 0 aliphatic heterocycles. The second-order valence-electron chi connectivity index (χ2n) is 8.53. The first-order valence-corrected chi connectivity index (χ1v) is 12.7. The number of aryl methyl sites for hydroxylation is 2. The maximum Gasteiger partial charge on any atom is 0.322 e. The lowest BCUT2D eigenvalue weighted by Crippen LogP contribution is -2.47. The van der Waals surface area contributed by atoms with Gasteiger partial charge in [-0.3, -0.25) is 4.79 Å². The fourth-order valence-corrected chi connectivity index (χ4v) is 4.64. The molecule has 0 spiro atoms. The van der Waals surface area contributed by atoms with Crippen molar-refractivity contribution in [2.45, 2.75) is 53.2 Å². The Labute approximate surface area is 211 Å². The number of rotatable bonds is 9. The minimum Gasteiger partial charge on any atom is -0.332 e. The number of carbonyl (C=O) groups is 2. The second kappa shape index (κ2) is 12.0. The molecule has 0 saturated heterocycles. The van der Waals surface area contributed by atoms with Crippen LogP contribution in [0.5, 0.6) is 0 Å². The third kappa shape index (κ3) is 7.08. The van der Waals surface area contributed by atoms with Crippen LogP contribution < -0.4 is 5.32 Å². The van der Waals surface area contributed by atoms with Gasteiger partial charge in [-0.25, -0.2) is 4.79 Å². The zero-order valence-electron chi connectivity index (χ0n) is 20.2. The van der Waals surface area contributed by atoms with Gasteiger partial charge in [0.25, 0.3) is 0 Å². The summed E-state index contributed by atoms with van der Waals surface area (Å²) in [4.78, 5) is 32.5. The molecule has 7 heteroatoms. The predicted molar refractivity (Wildman–Crippen MR) is 141 cm³/mol. The maximum absolute atomic E-state index is 13.5. The lowest BCUT2D eigenvalue weighted by Gasteiger charge is -2.31. The van der Waals surface area contributed by atoms with E-state index < -0.39 is 0 Å². The third-order valence-electron chi connectivity index (χ3n) is 5.82. The lowest BCUT2D eigenvalue weighted by molar-refractivity contribution is -0.133. The highest BCUT2D eigenvalue weighted by Gasteiger charge is 2.25. The zero-order valence-corrected chi connectivity index (χ0v) is 21.7. The SMILES string of the molecule is CCC(C)N(CC(=O)N(Cc1ccccc1)Cc1ccc(C)s1)C(=O)Nc1ccc(C)c(Cl)c1. The van der Waals surface area contributed by atoms with E-state index in [1.54, 1.807) is 22.3 Å². The van der Waals surface area contributed by atoms with Gasteiger partial charge in [0.2, 0.25) is 5.91 Å². The van der Waals surface area contributed by atoms with Crippen LogP contribution in [0.3, 0.4) is 0 Å². The summed E-state index contributed by atoms with van der Waals surface area (Å²) >= 11 is 7.91. The third-order valence-corrected chi connectivity index (χ3v) is 7.22. The fraction of sp³-hybridized carbons (Fsp3) is 0.333. The molecule has 0 saturated carbocycles. The van der Waals surface area contributed by atoms with Crippen molar-refractivity contribution in [2.75, 3.05) is 11.9 Å². The van der Waals surface area contributed by atoms with E-state index in [1.807, 2.05) is 68.1 Å². The van der Waals surface area contributed by atoms with Crippen molar-refractivity contribution in [2.24, 2.45) is 0 Å². The van der Waals surface area contributed by atoms with Crippen molar-refractivity contribution in [3.8, 4) is 0 Å². The summed E-state index contributed by atoms with van der Waals surface area (Å²) in [6.45, 7) is 8.93. The van der Waals surface area contributed by atoms with Crippen LogP contribution in [0.25, 0.3) is 0 Å². The smallest absolute Gasteiger partial charge is 0.322 e. The first-order valence-electron chi connectivity index (χ1n) is 11.5. The molecule has 0 aliphatic carbocycles. The molecular weight excluding hydrogens is 466 g/mol. The molecule has 3 aromatic rings. The van der Waals surface area contributed by atoms with Gasteiger partial charge in [-0.05, 0) is 62.6 Å². The number of nitrogens with zero attached hydrogens (tertiary/aromatic N) is 2. The molecule has 1 unspecified atom stereocenters. The van der Waals surface area contributed by atoms with Crippen LogP contribution in [0.15, 0.2) is 60.7 Å². The highest BCUT2D eigenvalue weighted by Crippen LogP contribution is 2.22. The second-order valence-corrected chi connectivity index (χ2v) is 10.3. The van der Waals surface area contributed by atoms with Crippen molar-refractivity contribution in [1.29, 1.82) is 0 Å². The summed E-state index contributed by atoms with van der Waals surface area (Å²) in [6.07, 6.45) is 0.734. The van der Waals surface area contributed by atoms with Crippen LogP contribution in [-0.4, -0.2) is 34.3 Å². The zero-order chi connectivity index (χ0) is 24.7. The Morgan fingerprint density at radius 2 is 1.76 bits per heavy atom. The molecule has 1 aromatic heterocycles. The van der Waals surface area contributed by atoms with Gasteiger partial charge in [0, 0.05) is 33.1 Å². The molecule has 3 rings (SSSR count). The van der Waals surface area contributed by atoms with Crippen LogP contribution in [0.4, 0.5) is 10.5 Å². The topological polar surface area (TPSA) is 52.7 Å². The first kappa shape index (κ1) is 25.8.